The van der Waals surface area contributed by atoms with E-state index in [0.29, 0.717) is 11.3 Å². The van der Waals surface area contributed by atoms with Crippen molar-refractivity contribution < 1.29 is 12.6 Å². The summed E-state index contributed by atoms with van der Waals surface area (Å²) in [6, 6.07) is 7.80. The minimum atomic E-state index is -3.47. The SMILES string of the molecule is CC(C)CS(=O)CCS(=O)(=O)c1cccc(C#N)c1. The lowest BCUT2D eigenvalue weighted by molar-refractivity contribution is 0.596. The van der Waals surface area contributed by atoms with Crippen molar-refractivity contribution in [1.29, 1.82) is 5.26 Å². The summed E-state index contributed by atoms with van der Waals surface area (Å²) >= 11 is 0. The van der Waals surface area contributed by atoms with Gasteiger partial charge in [0.15, 0.2) is 9.84 Å². The number of hydrogen-bond acceptors (Lipinski definition) is 4. The molecule has 0 aliphatic rings. The number of sulfone groups is 1. The molecular weight excluding hydrogens is 282 g/mol. The first kappa shape index (κ1) is 15.9. The Balaban J connectivity index is 2.76. The zero-order valence-electron chi connectivity index (χ0n) is 11.0. The third-order valence-corrected chi connectivity index (χ3v) is 6.09. The minimum absolute atomic E-state index is 0.119. The summed E-state index contributed by atoms with van der Waals surface area (Å²) in [7, 11) is -4.59. The van der Waals surface area contributed by atoms with Crippen LogP contribution in [0.5, 0.6) is 0 Å². The van der Waals surface area contributed by atoms with Crippen molar-refractivity contribution in [2.24, 2.45) is 5.92 Å². The lowest BCUT2D eigenvalue weighted by Crippen LogP contribution is -2.17. The third kappa shape index (κ3) is 5.13. The van der Waals surface area contributed by atoms with E-state index in [1.54, 1.807) is 6.07 Å². The molecule has 0 radical (unpaired) electrons. The molecule has 1 unspecified atom stereocenters. The molecule has 1 atom stereocenters. The molecule has 6 heteroatoms. The fourth-order valence-electron chi connectivity index (χ4n) is 1.53. The molecule has 0 aliphatic heterocycles. The second kappa shape index (κ2) is 6.83. The Bertz CT molecular complexity index is 601. The Kier molecular flexibility index (Phi) is 5.70. The monoisotopic (exact) mass is 299 g/mol. The van der Waals surface area contributed by atoms with Crippen LogP contribution in [0, 0.1) is 17.2 Å². The summed E-state index contributed by atoms with van der Waals surface area (Å²) in [5.74, 6) is 0.775. The molecule has 0 aliphatic carbocycles. The molecule has 104 valence electrons. The van der Waals surface area contributed by atoms with Crippen molar-refractivity contribution in [3.63, 3.8) is 0 Å². The number of hydrogen-bond donors (Lipinski definition) is 0. The van der Waals surface area contributed by atoms with E-state index in [-0.39, 0.29) is 22.3 Å². The molecule has 0 N–H and O–H groups in total. The van der Waals surface area contributed by atoms with Gasteiger partial charge in [-0.15, -0.1) is 0 Å². The van der Waals surface area contributed by atoms with Crippen molar-refractivity contribution in [3.05, 3.63) is 29.8 Å². The van der Waals surface area contributed by atoms with E-state index in [2.05, 4.69) is 0 Å². The average molecular weight is 299 g/mol. The molecule has 0 heterocycles. The smallest absolute Gasteiger partial charge is 0.179 e. The second-order valence-corrected chi connectivity index (χ2v) is 8.39. The highest BCUT2D eigenvalue weighted by atomic mass is 32.2. The van der Waals surface area contributed by atoms with Gasteiger partial charge in [-0.2, -0.15) is 5.26 Å². The van der Waals surface area contributed by atoms with Gasteiger partial charge in [-0.1, -0.05) is 19.9 Å². The summed E-state index contributed by atoms with van der Waals surface area (Å²) in [6.07, 6.45) is 0. The molecule has 1 rings (SSSR count). The first-order valence-corrected chi connectivity index (χ1v) is 9.07. The van der Waals surface area contributed by atoms with Crippen molar-refractivity contribution >= 4 is 20.6 Å². The first-order valence-electron chi connectivity index (χ1n) is 5.93. The highest BCUT2D eigenvalue weighted by Gasteiger charge is 2.16. The van der Waals surface area contributed by atoms with Crippen molar-refractivity contribution in [3.8, 4) is 6.07 Å². The third-order valence-electron chi connectivity index (χ3n) is 2.42. The van der Waals surface area contributed by atoms with Gasteiger partial charge in [-0.05, 0) is 24.1 Å². The molecule has 0 aromatic heterocycles. The van der Waals surface area contributed by atoms with Crippen molar-refractivity contribution in [2.45, 2.75) is 18.7 Å². The molecule has 0 saturated carbocycles. The van der Waals surface area contributed by atoms with Gasteiger partial charge in [0.25, 0.3) is 0 Å². The highest BCUT2D eigenvalue weighted by Crippen LogP contribution is 2.13. The molecule has 4 nitrogen and oxygen atoms in total. The fraction of sp³-hybridized carbons (Fsp3) is 0.462. The number of nitrogens with zero attached hydrogens (tertiary/aromatic N) is 1. The molecule has 1 aromatic rings. The molecule has 0 spiro atoms. The van der Waals surface area contributed by atoms with Gasteiger partial charge in [0.1, 0.15) is 0 Å². The summed E-state index contributed by atoms with van der Waals surface area (Å²) < 4.78 is 35.7. The van der Waals surface area contributed by atoms with E-state index >= 15 is 0 Å². The average Bonchev–Trinajstić information content (AvgIpc) is 2.36. The van der Waals surface area contributed by atoms with E-state index in [9.17, 15) is 12.6 Å². The molecule has 1 aromatic carbocycles. The Morgan fingerprint density at radius 3 is 2.63 bits per heavy atom. The normalized spacial score (nSPS) is 13.2. The Labute approximate surface area is 116 Å². The topological polar surface area (TPSA) is 75.0 Å². The molecule has 0 saturated heterocycles. The maximum absolute atomic E-state index is 12.0. The van der Waals surface area contributed by atoms with Crippen LogP contribution < -0.4 is 0 Å². The summed E-state index contributed by atoms with van der Waals surface area (Å²) in [5.41, 5.74) is 0.310. The van der Waals surface area contributed by atoms with E-state index in [1.165, 1.54) is 18.2 Å². The van der Waals surface area contributed by atoms with Crippen LogP contribution in [0.15, 0.2) is 29.2 Å². The van der Waals surface area contributed by atoms with E-state index in [1.807, 2.05) is 19.9 Å². The largest absolute Gasteiger partial charge is 0.260 e. The predicted molar refractivity (Wildman–Crippen MR) is 75.9 cm³/mol. The number of nitriles is 1. The fourth-order valence-corrected chi connectivity index (χ4v) is 4.89. The summed E-state index contributed by atoms with van der Waals surface area (Å²) in [6.45, 7) is 3.89. The van der Waals surface area contributed by atoms with Crippen LogP contribution in [-0.4, -0.2) is 29.9 Å². The lowest BCUT2D eigenvalue weighted by Gasteiger charge is -2.06. The molecule has 0 amide bonds. The predicted octanol–water partition coefficient (Wildman–Crippen LogP) is 1.74. The molecule has 0 fully saturated rings. The van der Waals surface area contributed by atoms with Gasteiger partial charge in [0.05, 0.1) is 22.3 Å². The second-order valence-electron chi connectivity index (χ2n) is 4.66. The van der Waals surface area contributed by atoms with Crippen LogP contribution >= 0.6 is 0 Å². The lowest BCUT2D eigenvalue weighted by atomic mass is 10.2. The van der Waals surface area contributed by atoms with Gasteiger partial charge in [0, 0.05) is 22.3 Å². The zero-order valence-corrected chi connectivity index (χ0v) is 12.6. The highest BCUT2D eigenvalue weighted by molar-refractivity contribution is 7.93. The molecule has 19 heavy (non-hydrogen) atoms. The Hall–Kier alpha value is -1.19. The van der Waals surface area contributed by atoms with Crippen LogP contribution in [-0.2, 0) is 20.6 Å². The number of rotatable bonds is 6. The Morgan fingerprint density at radius 2 is 2.05 bits per heavy atom. The van der Waals surface area contributed by atoms with Crippen LogP contribution in [0.25, 0.3) is 0 Å². The molecule has 0 bridgehead atoms. The van der Waals surface area contributed by atoms with Crippen LogP contribution in [0.1, 0.15) is 19.4 Å². The van der Waals surface area contributed by atoms with E-state index in [0.717, 1.165) is 0 Å². The van der Waals surface area contributed by atoms with Gasteiger partial charge in [-0.25, -0.2) is 8.42 Å². The summed E-state index contributed by atoms with van der Waals surface area (Å²) in [4.78, 5) is 0.119. The van der Waals surface area contributed by atoms with Crippen LogP contribution in [0.3, 0.4) is 0 Å². The standard InChI is InChI=1S/C13H17NO3S2/c1-11(2)10-18(15)6-7-19(16,17)13-5-3-4-12(8-13)9-14/h3-5,8,11H,6-7,10H2,1-2H3. The molecular formula is C13H17NO3S2. The van der Waals surface area contributed by atoms with E-state index < -0.39 is 20.6 Å². The van der Waals surface area contributed by atoms with E-state index in [4.69, 9.17) is 5.26 Å². The Morgan fingerprint density at radius 1 is 1.37 bits per heavy atom. The summed E-state index contributed by atoms with van der Waals surface area (Å²) in [5, 5.41) is 8.75. The van der Waals surface area contributed by atoms with Gasteiger partial charge in [0.2, 0.25) is 0 Å². The first-order chi connectivity index (χ1) is 8.85. The maximum atomic E-state index is 12.0. The van der Waals surface area contributed by atoms with Gasteiger partial charge in [-0.3, -0.25) is 4.21 Å². The van der Waals surface area contributed by atoms with Crippen LogP contribution in [0.2, 0.25) is 0 Å². The van der Waals surface area contributed by atoms with Crippen LogP contribution in [0.4, 0.5) is 0 Å². The maximum Gasteiger partial charge on any atom is 0.179 e. The zero-order chi connectivity index (χ0) is 14.5. The quantitative estimate of drug-likeness (QED) is 0.802. The minimum Gasteiger partial charge on any atom is -0.260 e. The van der Waals surface area contributed by atoms with Crippen molar-refractivity contribution in [2.75, 3.05) is 17.3 Å². The van der Waals surface area contributed by atoms with Crippen molar-refractivity contribution in [1.82, 2.24) is 0 Å². The number of benzene rings is 1. The van der Waals surface area contributed by atoms with Gasteiger partial charge >= 0.3 is 0 Å². The van der Waals surface area contributed by atoms with Gasteiger partial charge < -0.3 is 0 Å².